The minimum Gasteiger partial charge on any atom is -0.462 e. The summed E-state index contributed by atoms with van der Waals surface area (Å²) in [4.78, 5) is 35.1. The molecule has 3 atom stereocenters. The van der Waals surface area contributed by atoms with E-state index in [9.17, 15) is 29.7 Å². The average Bonchev–Trinajstić information content (AvgIpc) is 2.63. The fourth-order valence-electron chi connectivity index (χ4n) is 1.85. The highest BCUT2D eigenvalue weighted by molar-refractivity contribution is 5.71. The number of aliphatic hydroxyl groups is 3. The molecule has 0 amide bonds. The van der Waals surface area contributed by atoms with Crippen molar-refractivity contribution in [3.63, 3.8) is 0 Å². The predicted octanol–water partition coefficient (Wildman–Crippen LogP) is 8.10. The smallest absolute Gasteiger partial charge is 0.308 e. The van der Waals surface area contributed by atoms with E-state index in [1.807, 2.05) is 0 Å². The van der Waals surface area contributed by atoms with Gasteiger partial charge in [0.05, 0.1) is 37.6 Å². The van der Waals surface area contributed by atoms with Crippen molar-refractivity contribution in [3.05, 3.63) is 0 Å². The highest BCUT2D eigenvalue weighted by Gasteiger charge is 2.22. The third-order valence-corrected chi connectivity index (χ3v) is 3.78. The summed E-state index contributed by atoms with van der Waals surface area (Å²) in [6, 6.07) is 0. The van der Waals surface area contributed by atoms with Crippen LogP contribution in [0.4, 0.5) is 0 Å². The zero-order chi connectivity index (χ0) is 20.8. The van der Waals surface area contributed by atoms with Crippen LogP contribution in [0.3, 0.4) is 0 Å². The van der Waals surface area contributed by atoms with Crippen LogP contribution in [0.5, 0.6) is 0 Å². The first-order valence-corrected chi connectivity index (χ1v) is 9.26. The van der Waals surface area contributed by atoms with E-state index in [0.717, 1.165) is 0 Å². The van der Waals surface area contributed by atoms with Crippen LogP contribution in [0.1, 0.15) is 148 Å². The Morgan fingerprint density at radius 3 is 0.949 bits per heavy atom. The van der Waals surface area contributed by atoms with Crippen LogP contribution in [0, 0.1) is 0 Å². The van der Waals surface area contributed by atoms with Crippen LogP contribution < -0.4 is 0 Å². The van der Waals surface area contributed by atoms with Crippen LogP contribution >= 0.6 is 0 Å². The van der Waals surface area contributed by atoms with Gasteiger partial charge in [0, 0.05) is 0 Å². The quantitative estimate of drug-likeness (QED) is 0.136. The molecule has 9 heteroatoms. The largest absolute Gasteiger partial charge is 0.462 e. The minimum absolute atomic E-state index is 0. The standard InChI is InChI=1S/C18H32O9.12CH4/c1-4-12(19)7-16(22)25-10-15(27-18(24)9-14(21)6-3)11-26-17(23)8-13(20)5-2;;;;;;;;;;;;/h12-15,19-21H,4-11H2,1-3H3;12*1H4. The average molecular weight is 585 g/mol. The lowest BCUT2D eigenvalue weighted by molar-refractivity contribution is -0.169. The van der Waals surface area contributed by atoms with E-state index in [4.69, 9.17) is 14.2 Å². The van der Waals surface area contributed by atoms with Crippen LogP contribution in [0.15, 0.2) is 0 Å². The molecular formula is C30H80O9. The topological polar surface area (TPSA) is 140 Å². The van der Waals surface area contributed by atoms with Gasteiger partial charge in [-0.1, -0.05) is 110 Å². The highest BCUT2D eigenvalue weighted by atomic mass is 16.6. The summed E-state index contributed by atoms with van der Waals surface area (Å²) < 4.78 is 15.0. The van der Waals surface area contributed by atoms with E-state index < -0.39 is 42.3 Å². The molecule has 0 saturated carbocycles. The van der Waals surface area contributed by atoms with E-state index in [1.165, 1.54) is 0 Å². The fourth-order valence-corrected chi connectivity index (χ4v) is 1.85. The zero-order valence-electron chi connectivity index (χ0n) is 16.3. The summed E-state index contributed by atoms with van der Waals surface area (Å²) in [6.45, 7) is 4.42. The van der Waals surface area contributed by atoms with Gasteiger partial charge in [0.2, 0.25) is 0 Å². The third-order valence-electron chi connectivity index (χ3n) is 3.78. The Morgan fingerprint density at radius 1 is 0.487 bits per heavy atom. The van der Waals surface area contributed by atoms with Crippen LogP contribution in [-0.4, -0.2) is 70.9 Å². The van der Waals surface area contributed by atoms with E-state index in [-0.39, 0.29) is 122 Å². The number of ether oxygens (including phenoxy) is 3. The molecule has 254 valence electrons. The van der Waals surface area contributed by atoms with Crippen LogP contribution in [0.2, 0.25) is 0 Å². The van der Waals surface area contributed by atoms with Gasteiger partial charge in [-0.05, 0) is 19.3 Å². The summed E-state index contributed by atoms with van der Waals surface area (Å²) in [5.41, 5.74) is 0. The second-order valence-electron chi connectivity index (χ2n) is 6.28. The van der Waals surface area contributed by atoms with Gasteiger partial charge < -0.3 is 29.5 Å². The number of hydrogen-bond donors (Lipinski definition) is 3. The Hall–Kier alpha value is -1.71. The maximum atomic E-state index is 11.8. The molecule has 0 bridgehead atoms. The first kappa shape index (κ1) is 83.2. The highest BCUT2D eigenvalue weighted by Crippen LogP contribution is 2.07. The molecule has 0 rings (SSSR count). The van der Waals surface area contributed by atoms with Crippen LogP contribution in [0.25, 0.3) is 0 Å². The van der Waals surface area contributed by atoms with Gasteiger partial charge in [-0.15, -0.1) is 0 Å². The summed E-state index contributed by atoms with van der Waals surface area (Å²) in [7, 11) is 0. The lowest BCUT2D eigenvalue weighted by Gasteiger charge is -2.19. The summed E-state index contributed by atoms with van der Waals surface area (Å²) >= 11 is 0. The van der Waals surface area contributed by atoms with Crippen molar-refractivity contribution in [2.75, 3.05) is 13.2 Å². The predicted molar refractivity (Wildman–Crippen MR) is 175 cm³/mol. The molecule has 0 aliphatic carbocycles. The van der Waals surface area contributed by atoms with Gasteiger partial charge in [-0.3, -0.25) is 14.4 Å². The van der Waals surface area contributed by atoms with Gasteiger partial charge in [-0.2, -0.15) is 0 Å². The zero-order valence-corrected chi connectivity index (χ0v) is 16.3. The monoisotopic (exact) mass is 585 g/mol. The summed E-state index contributed by atoms with van der Waals surface area (Å²) in [5, 5.41) is 28.4. The second kappa shape index (κ2) is 49.3. The Bertz CT molecular complexity index is 430. The minimum atomic E-state index is -1.05. The van der Waals surface area contributed by atoms with Crippen molar-refractivity contribution in [2.24, 2.45) is 0 Å². The number of hydrogen-bond acceptors (Lipinski definition) is 9. The number of carbonyl (C=O) groups is 3. The molecule has 39 heavy (non-hydrogen) atoms. The van der Waals surface area contributed by atoms with Crippen molar-refractivity contribution in [1.82, 2.24) is 0 Å². The van der Waals surface area contributed by atoms with E-state index in [1.54, 1.807) is 20.8 Å². The van der Waals surface area contributed by atoms with Crippen molar-refractivity contribution in [2.45, 2.75) is 173 Å². The van der Waals surface area contributed by atoms with Crippen molar-refractivity contribution < 1.29 is 43.9 Å². The molecule has 0 aromatic rings. The van der Waals surface area contributed by atoms with Crippen molar-refractivity contribution in [3.8, 4) is 0 Å². The summed E-state index contributed by atoms with van der Waals surface area (Å²) in [5.74, 6) is -2.07. The number of carbonyl (C=O) groups excluding carboxylic acids is 3. The van der Waals surface area contributed by atoms with Gasteiger partial charge in [-0.25, -0.2) is 0 Å². The summed E-state index contributed by atoms with van der Waals surface area (Å²) in [6.07, 6.45) is -3.05. The van der Waals surface area contributed by atoms with Gasteiger partial charge >= 0.3 is 17.9 Å². The molecule has 0 aromatic carbocycles. The molecule has 3 N–H and O–H groups in total. The first-order chi connectivity index (χ1) is 12.7. The lowest BCUT2D eigenvalue weighted by atomic mass is 10.2. The van der Waals surface area contributed by atoms with Crippen molar-refractivity contribution >= 4 is 17.9 Å². The SMILES string of the molecule is C.C.C.C.C.C.C.C.C.C.C.C.CCC(O)CC(=O)OCC(COC(=O)CC(O)CC)OC(=O)CC(O)CC. The van der Waals surface area contributed by atoms with Crippen molar-refractivity contribution in [1.29, 1.82) is 0 Å². The Kier molecular flexibility index (Phi) is 105. The number of aliphatic hydroxyl groups excluding tert-OH is 3. The molecule has 9 nitrogen and oxygen atoms in total. The molecule has 3 unspecified atom stereocenters. The Balaban J connectivity index is -0.0000000512. The van der Waals surface area contributed by atoms with Gasteiger partial charge in [0.15, 0.2) is 6.10 Å². The van der Waals surface area contributed by atoms with Gasteiger partial charge in [0.1, 0.15) is 13.2 Å². The normalized spacial score (nSPS) is 10.6. The second-order valence-corrected chi connectivity index (χ2v) is 6.28. The lowest BCUT2D eigenvalue weighted by Crippen LogP contribution is -2.32. The molecule has 0 fully saturated rings. The molecule has 0 spiro atoms. The molecule has 0 radical (unpaired) electrons. The van der Waals surface area contributed by atoms with Gasteiger partial charge in [0.25, 0.3) is 0 Å². The Morgan fingerprint density at radius 2 is 0.718 bits per heavy atom. The van der Waals surface area contributed by atoms with E-state index >= 15 is 0 Å². The van der Waals surface area contributed by atoms with E-state index in [0.29, 0.717) is 19.3 Å². The molecule has 0 heterocycles. The van der Waals surface area contributed by atoms with Crippen LogP contribution in [-0.2, 0) is 28.6 Å². The Labute approximate surface area is 248 Å². The molecule has 0 aliphatic heterocycles. The molecule has 0 saturated heterocycles. The maximum Gasteiger partial charge on any atom is 0.308 e. The molecule has 0 aliphatic rings. The van der Waals surface area contributed by atoms with E-state index in [2.05, 4.69) is 0 Å². The molecular weight excluding hydrogens is 504 g/mol. The molecule has 0 aromatic heterocycles. The first-order valence-electron chi connectivity index (χ1n) is 9.26. The maximum absolute atomic E-state index is 11.8. The number of rotatable bonds is 14. The third kappa shape index (κ3) is 46.5. The fraction of sp³-hybridized carbons (Fsp3) is 0.900. The number of esters is 3.